The van der Waals surface area contributed by atoms with Crippen molar-refractivity contribution in [3.63, 3.8) is 0 Å². The van der Waals surface area contributed by atoms with Crippen LogP contribution in [-0.4, -0.2) is 18.3 Å². The molecule has 0 N–H and O–H groups in total. The summed E-state index contributed by atoms with van der Waals surface area (Å²) in [4.78, 5) is 11.7. The molecule has 5 heteroatoms. The summed E-state index contributed by atoms with van der Waals surface area (Å²) in [6.07, 6.45) is 0. The summed E-state index contributed by atoms with van der Waals surface area (Å²) >= 11 is 11.8. The molecule has 0 amide bonds. The third-order valence-corrected chi connectivity index (χ3v) is 5.17. The minimum absolute atomic E-state index is 0.0649. The normalized spacial score (nSPS) is 11.1. The van der Waals surface area contributed by atoms with Crippen LogP contribution in [0.4, 0.5) is 0 Å². The van der Waals surface area contributed by atoms with Crippen molar-refractivity contribution >= 4 is 47.6 Å². The van der Waals surface area contributed by atoms with E-state index < -0.39 is 0 Å². The zero-order valence-electron chi connectivity index (χ0n) is 7.38. The average molecular weight is 295 g/mol. The molecule has 0 radical (unpaired) electrons. The molecule has 1 aromatic carbocycles. The number of rotatable bonds is 1. The molecule has 0 aliphatic heterocycles. The van der Waals surface area contributed by atoms with Gasteiger partial charge >= 0.3 is 97.1 Å². The summed E-state index contributed by atoms with van der Waals surface area (Å²) in [6.45, 7) is 2.71. The van der Waals surface area contributed by atoms with Crippen molar-refractivity contribution in [3.05, 3.63) is 32.5 Å². The fraction of sp³-hybridized carbons (Fsp3) is 0.222. The number of hydrogen-bond acceptors (Lipinski definition) is 1. The number of hydrogen-bond donors (Lipinski definition) is 0. The van der Waals surface area contributed by atoms with Crippen LogP contribution in [-0.2, 0) is 6.54 Å². The van der Waals surface area contributed by atoms with E-state index in [1.54, 1.807) is 12.1 Å². The van der Waals surface area contributed by atoms with E-state index in [1.807, 2.05) is 10.5 Å². The van der Waals surface area contributed by atoms with E-state index in [0.29, 0.717) is 15.4 Å². The maximum atomic E-state index is 11.7. The zero-order valence-corrected chi connectivity index (χ0v) is 10.6. The van der Waals surface area contributed by atoms with E-state index in [0.717, 1.165) is 10.8 Å². The fourth-order valence-corrected chi connectivity index (χ4v) is 3.77. The topological polar surface area (TPSA) is 22.0 Å². The molecule has 0 unspecified atom stereocenters. The van der Waals surface area contributed by atoms with Gasteiger partial charge in [0.25, 0.3) is 0 Å². The third kappa shape index (κ3) is 1.55. The van der Waals surface area contributed by atoms with E-state index >= 15 is 0 Å². The molecule has 0 atom stereocenters. The Bertz CT molecular complexity index is 543. The van der Waals surface area contributed by atoms with Crippen molar-refractivity contribution in [1.82, 2.24) is 3.56 Å². The summed E-state index contributed by atoms with van der Waals surface area (Å²) in [5.74, 6) is 0. The fourth-order valence-electron chi connectivity index (χ4n) is 1.27. The molecule has 1 aromatic heterocycles. The Labute approximate surface area is 97.0 Å². The van der Waals surface area contributed by atoms with Crippen molar-refractivity contribution in [2.75, 3.05) is 0 Å². The monoisotopic (exact) mass is 295 g/mol. The Balaban J connectivity index is 2.87. The number of fused-ring (bicyclic) bond motifs is 1. The third-order valence-electron chi connectivity index (χ3n) is 1.98. The maximum absolute atomic E-state index is 11.7. The van der Waals surface area contributed by atoms with E-state index in [-0.39, 0.29) is 20.3 Å². The molecule has 0 saturated carbocycles. The van der Waals surface area contributed by atoms with Crippen LogP contribution in [0.3, 0.4) is 0 Å². The predicted octanol–water partition coefficient (Wildman–Crippen LogP) is 2.39. The van der Waals surface area contributed by atoms with Gasteiger partial charge < -0.3 is 0 Å². The van der Waals surface area contributed by atoms with Crippen LogP contribution >= 0.6 is 23.2 Å². The number of benzene rings is 1. The first-order chi connectivity index (χ1) is 6.63. The molecule has 1 heterocycles. The van der Waals surface area contributed by atoms with Gasteiger partial charge in [-0.2, -0.15) is 0 Å². The van der Waals surface area contributed by atoms with Gasteiger partial charge in [-0.3, -0.25) is 0 Å². The second kappa shape index (κ2) is 3.74. The first-order valence-electron chi connectivity index (χ1n) is 4.12. The van der Waals surface area contributed by atoms with Crippen LogP contribution in [0.1, 0.15) is 6.92 Å². The quantitative estimate of drug-likeness (QED) is 0.740. The molecule has 74 valence electrons. The molecule has 2 rings (SSSR count). The Morgan fingerprint density at radius 3 is 2.64 bits per heavy atom. The Morgan fingerprint density at radius 1 is 1.36 bits per heavy atom. The number of aromatic nitrogens is 1. The van der Waals surface area contributed by atoms with Crippen LogP contribution in [0.15, 0.2) is 16.9 Å². The van der Waals surface area contributed by atoms with Gasteiger partial charge in [0.2, 0.25) is 0 Å². The number of halogens is 2. The first kappa shape index (κ1) is 10.3. The summed E-state index contributed by atoms with van der Waals surface area (Å²) in [5, 5.41) is 1.69. The van der Waals surface area contributed by atoms with E-state index in [9.17, 15) is 4.79 Å². The molecule has 0 saturated heterocycles. The van der Waals surface area contributed by atoms with E-state index in [4.69, 9.17) is 23.2 Å². The minimum atomic E-state index is 0.0649. The standard InChI is InChI=1S/C9H7Cl2NOSe/c1-2-12-9(13)5-3-6(10)7(11)4-8(5)14-12/h3-4H,2H2,1H3. The second-order valence-corrected chi connectivity index (χ2v) is 5.90. The van der Waals surface area contributed by atoms with Gasteiger partial charge in [0.05, 0.1) is 0 Å². The van der Waals surface area contributed by atoms with Gasteiger partial charge in [-0.1, -0.05) is 0 Å². The van der Waals surface area contributed by atoms with Gasteiger partial charge in [0.1, 0.15) is 0 Å². The Kier molecular flexibility index (Phi) is 2.76. The van der Waals surface area contributed by atoms with E-state index in [1.165, 1.54) is 0 Å². The zero-order chi connectivity index (χ0) is 10.3. The summed E-state index contributed by atoms with van der Waals surface area (Å²) in [7, 11) is 0. The number of aryl methyl sites for hydroxylation is 1. The molecular weight excluding hydrogens is 288 g/mol. The predicted molar refractivity (Wildman–Crippen MR) is 60.8 cm³/mol. The van der Waals surface area contributed by atoms with Crippen LogP contribution < -0.4 is 5.56 Å². The van der Waals surface area contributed by atoms with Crippen molar-refractivity contribution in [2.45, 2.75) is 13.5 Å². The van der Waals surface area contributed by atoms with Crippen molar-refractivity contribution < 1.29 is 0 Å². The summed E-state index contributed by atoms with van der Waals surface area (Å²) < 4.78 is 2.85. The molecule has 0 bridgehead atoms. The van der Waals surface area contributed by atoms with Gasteiger partial charge in [0, 0.05) is 0 Å². The second-order valence-electron chi connectivity index (χ2n) is 2.85. The van der Waals surface area contributed by atoms with Crippen molar-refractivity contribution in [3.8, 4) is 0 Å². The van der Waals surface area contributed by atoms with Gasteiger partial charge in [-0.15, -0.1) is 0 Å². The van der Waals surface area contributed by atoms with Crippen LogP contribution in [0.2, 0.25) is 10.0 Å². The van der Waals surface area contributed by atoms with Gasteiger partial charge in [-0.05, 0) is 0 Å². The molecule has 0 aliphatic rings. The summed E-state index contributed by atoms with van der Waals surface area (Å²) in [5.41, 5.74) is 0.0704. The average Bonchev–Trinajstić information content (AvgIpc) is 2.45. The van der Waals surface area contributed by atoms with E-state index in [2.05, 4.69) is 0 Å². The van der Waals surface area contributed by atoms with Crippen LogP contribution in [0, 0.1) is 0 Å². The van der Waals surface area contributed by atoms with Crippen molar-refractivity contribution in [2.24, 2.45) is 0 Å². The van der Waals surface area contributed by atoms with Crippen LogP contribution in [0.5, 0.6) is 0 Å². The molecular formula is C9H7Cl2NOSe. The molecule has 14 heavy (non-hydrogen) atoms. The van der Waals surface area contributed by atoms with Crippen molar-refractivity contribution in [1.29, 1.82) is 0 Å². The Morgan fingerprint density at radius 2 is 2.00 bits per heavy atom. The SMILES string of the molecule is CCn1[se]c2cc(Cl)c(Cl)cc2c1=O. The molecule has 2 nitrogen and oxygen atoms in total. The van der Waals surface area contributed by atoms with Gasteiger partial charge in [-0.25, -0.2) is 0 Å². The Hall–Kier alpha value is -0.211. The molecule has 0 fully saturated rings. The van der Waals surface area contributed by atoms with Crippen LogP contribution in [0.25, 0.3) is 9.65 Å². The molecule has 0 aliphatic carbocycles. The molecule has 2 aromatic rings. The van der Waals surface area contributed by atoms with Gasteiger partial charge in [0.15, 0.2) is 0 Å². The first-order valence-corrected chi connectivity index (χ1v) is 6.50. The molecule has 0 spiro atoms. The summed E-state index contributed by atoms with van der Waals surface area (Å²) in [6, 6.07) is 3.46. The number of nitrogens with zero attached hydrogens (tertiary/aromatic N) is 1.